The van der Waals surface area contributed by atoms with Gasteiger partial charge in [0.25, 0.3) is 0 Å². The molecule has 1 unspecified atom stereocenters. The fourth-order valence-corrected chi connectivity index (χ4v) is 7.27. The van der Waals surface area contributed by atoms with Gasteiger partial charge in [-0.25, -0.2) is 4.39 Å². The average molecular weight is 600 g/mol. The van der Waals surface area contributed by atoms with Gasteiger partial charge in [0.05, 0.1) is 5.41 Å². The predicted octanol–water partition coefficient (Wildman–Crippen LogP) is 3.89. The molecule has 0 bridgehead atoms. The summed E-state index contributed by atoms with van der Waals surface area (Å²) in [5.41, 5.74) is -0.0240. The molecule has 1 aliphatic carbocycles. The highest BCUT2D eigenvalue weighted by molar-refractivity contribution is 5.90. The Morgan fingerprint density at radius 2 is 1.67 bits per heavy atom. The van der Waals surface area contributed by atoms with Crippen molar-refractivity contribution in [1.82, 2.24) is 25.8 Å². The topological polar surface area (TPSA) is 93.8 Å². The van der Waals surface area contributed by atoms with Crippen LogP contribution in [0.1, 0.15) is 85.1 Å². The first kappa shape index (κ1) is 33.4. The lowest BCUT2D eigenvalue weighted by Crippen LogP contribution is -2.63. The van der Waals surface area contributed by atoms with Gasteiger partial charge in [-0.2, -0.15) is 0 Å². The monoisotopic (exact) mass is 599 g/mol. The van der Waals surface area contributed by atoms with Gasteiger partial charge in [-0.15, -0.1) is 0 Å². The molecule has 1 aromatic carbocycles. The molecule has 3 atom stereocenters. The third-order valence-corrected chi connectivity index (χ3v) is 9.96. The number of carbonyl (C=O) groups excluding carboxylic acids is 3. The molecule has 240 valence electrons. The number of rotatable bonds is 8. The molecule has 9 heteroatoms. The molecule has 8 nitrogen and oxygen atoms in total. The average Bonchev–Trinajstić information content (AvgIpc) is 2.97. The van der Waals surface area contributed by atoms with Gasteiger partial charge in [0.15, 0.2) is 0 Å². The number of nitrogens with one attached hydrogen (secondary N) is 3. The Balaban J connectivity index is 1.50. The largest absolute Gasteiger partial charge is 0.351 e. The highest BCUT2D eigenvalue weighted by Gasteiger charge is 2.49. The van der Waals surface area contributed by atoms with Crippen LogP contribution in [0.4, 0.5) is 4.39 Å². The summed E-state index contributed by atoms with van der Waals surface area (Å²) in [6, 6.07) is 5.25. The molecule has 3 fully saturated rings. The van der Waals surface area contributed by atoms with Crippen LogP contribution in [0.2, 0.25) is 0 Å². The Labute approximate surface area is 257 Å². The van der Waals surface area contributed by atoms with E-state index in [9.17, 15) is 18.8 Å². The van der Waals surface area contributed by atoms with Crippen LogP contribution >= 0.6 is 0 Å². The van der Waals surface area contributed by atoms with E-state index in [1.165, 1.54) is 18.6 Å². The highest BCUT2D eigenvalue weighted by atomic mass is 19.1. The second-order valence-electron chi connectivity index (χ2n) is 14.6. The van der Waals surface area contributed by atoms with Gasteiger partial charge in [-0.1, -0.05) is 45.2 Å². The first-order valence-electron chi connectivity index (χ1n) is 16.4. The fraction of sp³-hybridized carbons (Fsp3) is 0.735. The normalized spacial score (nSPS) is 24.4. The minimum atomic E-state index is -0.778. The second-order valence-corrected chi connectivity index (χ2v) is 14.6. The lowest BCUT2D eigenvalue weighted by Gasteiger charge is -2.48. The molecule has 3 amide bonds. The Morgan fingerprint density at radius 3 is 2.23 bits per heavy atom. The van der Waals surface area contributed by atoms with Gasteiger partial charge in [0.1, 0.15) is 17.9 Å². The molecule has 0 radical (unpaired) electrons. The summed E-state index contributed by atoms with van der Waals surface area (Å²) < 4.78 is 13.7. The van der Waals surface area contributed by atoms with Gasteiger partial charge >= 0.3 is 0 Å². The van der Waals surface area contributed by atoms with Crippen molar-refractivity contribution in [2.75, 3.05) is 33.2 Å². The number of halogens is 1. The first-order chi connectivity index (χ1) is 20.3. The number of benzene rings is 1. The Morgan fingerprint density at radius 1 is 1.05 bits per heavy atom. The van der Waals surface area contributed by atoms with E-state index in [1.807, 2.05) is 32.7 Å². The van der Waals surface area contributed by atoms with Crippen molar-refractivity contribution < 1.29 is 18.8 Å². The second kappa shape index (κ2) is 14.1. The number of amides is 3. The van der Waals surface area contributed by atoms with E-state index < -0.39 is 11.5 Å². The molecule has 0 spiro atoms. The number of hydrogen-bond acceptors (Lipinski definition) is 5. The number of piperazine rings is 1. The standard InChI is InChI=1S/C34H54FN5O3/c1-23(2)28-22-39(6)29(21-36-28)30(41)37-27(20-24-12-14-26(35)15-13-24)31(42)40-18-16-34(17-19-40,25-10-8-7-9-11-25)32(43)38-33(3,4)5/h12-15,23,25,27-29,36H,7-11,16-22H2,1-6H3,(H,37,41)(H,38,43)/t27-,28?,29+/m1/s1. The minimum absolute atomic E-state index is 0.114. The van der Waals surface area contributed by atoms with Crippen molar-refractivity contribution in [1.29, 1.82) is 0 Å². The van der Waals surface area contributed by atoms with Crippen LogP contribution in [-0.2, 0) is 20.8 Å². The van der Waals surface area contributed by atoms with Crippen molar-refractivity contribution in [3.63, 3.8) is 0 Å². The molecular formula is C34H54FN5O3. The summed E-state index contributed by atoms with van der Waals surface area (Å²) in [7, 11) is 1.95. The van der Waals surface area contributed by atoms with Gasteiger partial charge in [0, 0.05) is 44.2 Å². The fourth-order valence-electron chi connectivity index (χ4n) is 7.27. The zero-order valence-electron chi connectivity index (χ0n) is 27.2. The molecule has 2 aliphatic heterocycles. The summed E-state index contributed by atoms with van der Waals surface area (Å²) in [5.74, 6) is 0.217. The quantitative estimate of drug-likeness (QED) is 0.422. The van der Waals surface area contributed by atoms with Crippen LogP contribution in [0.25, 0.3) is 0 Å². The van der Waals surface area contributed by atoms with Gasteiger partial charge in [-0.05, 0) is 83.0 Å². The molecule has 2 saturated heterocycles. The van der Waals surface area contributed by atoms with Crippen LogP contribution in [0.15, 0.2) is 24.3 Å². The van der Waals surface area contributed by atoms with Crippen LogP contribution in [0.3, 0.4) is 0 Å². The SMILES string of the molecule is CC(C)C1CN(C)[C@H](C(=O)N[C@H](Cc2ccc(F)cc2)C(=O)N2CCC(C(=O)NC(C)(C)C)(C3CCCCC3)CC2)CN1. The predicted molar refractivity (Wildman–Crippen MR) is 168 cm³/mol. The van der Waals surface area contributed by atoms with Crippen molar-refractivity contribution in [3.8, 4) is 0 Å². The number of hydrogen-bond donors (Lipinski definition) is 3. The van der Waals surface area contributed by atoms with E-state index in [0.29, 0.717) is 50.4 Å². The van der Waals surface area contributed by atoms with Gasteiger partial charge in [-0.3, -0.25) is 19.3 Å². The smallest absolute Gasteiger partial charge is 0.245 e. The summed E-state index contributed by atoms with van der Waals surface area (Å²) in [6.07, 6.45) is 7.12. The van der Waals surface area contributed by atoms with E-state index in [4.69, 9.17) is 0 Å². The maximum absolute atomic E-state index is 14.1. The molecule has 3 aliphatic rings. The van der Waals surface area contributed by atoms with Crippen LogP contribution in [0.5, 0.6) is 0 Å². The van der Waals surface area contributed by atoms with E-state index in [0.717, 1.165) is 37.8 Å². The molecule has 1 saturated carbocycles. The Hall–Kier alpha value is -2.52. The lowest BCUT2D eigenvalue weighted by molar-refractivity contribution is -0.147. The minimum Gasteiger partial charge on any atom is -0.351 e. The number of likely N-dealkylation sites (tertiary alicyclic amines) is 1. The number of piperidine rings is 1. The van der Waals surface area contributed by atoms with Crippen molar-refractivity contribution >= 4 is 17.7 Å². The van der Waals surface area contributed by atoms with Crippen LogP contribution in [-0.4, -0.2) is 84.4 Å². The summed E-state index contributed by atoms with van der Waals surface area (Å²) in [5, 5.41) is 9.83. The van der Waals surface area contributed by atoms with Gasteiger partial charge in [0.2, 0.25) is 17.7 Å². The highest BCUT2D eigenvalue weighted by Crippen LogP contribution is 2.46. The number of nitrogens with zero attached hydrogens (tertiary/aromatic N) is 2. The first-order valence-corrected chi connectivity index (χ1v) is 16.4. The molecule has 43 heavy (non-hydrogen) atoms. The summed E-state index contributed by atoms with van der Waals surface area (Å²) >= 11 is 0. The molecule has 1 aromatic rings. The van der Waals surface area contributed by atoms with Crippen LogP contribution in [0, 0.1) is 23.1 Å². The molecule has 0 aromatic heterocycles. The number of carbonyl (C=O) groups is 3. The zero-order valence-corrected chi connectivity index (χ0v) is 27.2. The summed E-state index contributed by atoms with van der Waals surface area (Å²) in [6.45, 7) is 12.6. The van der Waals surface area contributed by atoms with Crippen LogP contribution < -0.4 is 16.0 Å². The van der Waals surface area contributed by atoms with Gasteiger partial charge < -0.3 is 20.9 Å². The third kappa shape index (κ3) is 8.35. The van der Waals surface area contributed by atoms with Crippen molar-refractivity contribution in [2.24, 2.45) is 17.3 Å². The third-order valence-electron chi connectivity index (χ3n) is 9.96. The maximum atomic E-state index is 14.1. The zero-order chi connectivity index (χ0) is 31.4. The lowest BCUT2D eigenvalue weighted by atomic mass is 9.63. The van der Waals surface area contributed by atoms with E-state index >= 15 is 0 Å². The van der Waals surface area contributed by atoms with Crippen molar-refractivity contribution in [3.05, 3.63) is 35.6 Å². The molecule has 4 rings (SSSR count). The van der Waals surface area contributed by atoms with E-state index in [-0.39, 0.29) is 41.5 Å². The van der Waals surface area contributed by atoms with E-state index in [1.54, 1.807) is 12.1 Å². The molecule has 3 N–H and O–H groups in total. The van der Waals surface area contributed by atoms with E-state index in [2.05, 4.69) is 34.7 Å². The molecule has 2 heterocycles. The van der Waals surface area contributed by atoms with Crippen molar-refractivity contribution in [2.45, 2.75) is 110 Å². The molecular weight excluding hydrogens is 545 g/mol. The summed E-state index contributed by atoms with van der Waals surface area (Å²) in [4.78, 5) is 45.4. The maximum Gasteiger partial charge on any atom is 0.245 e. The number of likely N-dealkylation sites (N-methyl/N-ethyl adjacent to an activating group) is 1. The Kier molecular flexibility index (Phi) is 10.9. The Bertz CT molecular complexity index is 1100.